The van der Waals surface area contributed by atoms with E-state index in [0.717, 1.165) is 21.2 Å². The van der Waals surface area contributed by atoms with Crippen molar-refractivity contribution in [1.29, 1.82) is 0 Å². The number of carbonyl (C=O) groups is 1. The van der Waals surface area contributed by atoms with Gasteiger partial charge in [0, 0.05) is 6.07 Å². The SMILES string of the molecule is O=C(Cn1cnc2ccc(F)cc2c1=O)Nc1cc(-c2cccs2)[nH]n1. The molecular formula is C17H12FN5O2S. The number of rotatable bonds is 4. The highest BCUT2D eigenvalue weighted by molar-refractivity contribution is 7.13. The van der Waals surface area contributed by atoms with E-state index in [4.69, 9.17) is 0 Å². The average molecular weight is 369 g/mol. The highest BCUT2D eigenvalue weighted by atomic mass is 32.1. The summed E-state index contributed by atoms with van der Waals surface area (Å²) < 4.78 is 14.5. The van der Waals surface area contributed by atoms with Crippen LogP contribution in [-0.2, 0) is 11.3 Å². The van der Waals surface area contributed by atoms with E-state index >= 15 is 0 Å². The minimum atomic E-state index is -0.531. The number of carbonyl (C=O) groups excluding carboxylic acids is 1. The van der Waals surface area contributed by atoms with Crippen LogP contribution in [0.15, 0.2) is 52.9 Å². The van der Waals surface area contributed by atoms with Gasteiger partial charge in [0.2, 0.25) is 5.91 Å². The fourth-order valence-corrected chi connectivity index (χ4v) is 3.22. The molecule has 2 N–H and O–H groups in total. The minimum absolute atomic E-state index is 0.125. The molecule has 1 aromatic carbocycles. The van der Waals surface area contributed by atoms with E-state index in [-0.39, 0.29) is 11.9 Å². The average Bonchev–Trinajstić information content (AvgIpc) is 3.29. The van der Waals surface area contributed by atoms with Gasteiger partial charge in [0.1, 0.15) is 12.4 Å². The van der Waals surface area contributed by atoms with Crippen LogP contribution >= 0.6 is 11.3 Å². The molecule has 7 nitrogen and oxygen atoms in total. The van der Waals surface area contributed by atoms with Crippen LogP contribution in [0.3, 0.4) is 0 Å². The Hall–Kier alpha value is -3.33. The lowest BCUT2D eigenvalue weighted by Gasteiger charge is -2.06. The van der Waals surface area contributed by atoms with Crippen LogP contribution in [0.25, 0.3) is 21.5 Å². The molecule has 0 radical (unpaired) electrons. The van der Waals surface area contributed by atoms with Crippen LogP contribution in [0.2, 0.25) is 0 Å². The predicted octanol–water partition coefficient (Wildman–Crippen LogP) is 2.63. The van der Waals surface area contributed by atoms with Crippen molar-refractivity contribution in [3.63, 3.8) is 0 Å². The van der Waals surface area contributed by atoms with Gasteiger partial charge in [-0.15, -0.1) is 11.3 Å². The van der Waals surface area contributed by atoms with Gasteiger partial charge in [-0.05, 0) is 29.6 Å². The van der Waals surface area contributed by atoms with E-state index in [0.29, 0.717) is 11.3 Å². The molecule has 130 valence electrons. The molecule has 1 amide bonds. The topological polar surface area (TPSA) is 92.7 Å². The third-order valence-corrected chi connectivity index (χ3v) is 4.64. The molecule has 26 heavy (non-hydrogen) atoms. The van der Waals surface area contributed by atoms with Crippen LogP contribution in [0.5, 0.6) is 0 Å². The van der Waals surface area contributed by atoms with Crippen LogP contribution in [0.4, 0.5) is 10.2 Å². The van der Waals surface area contributed by atoms with Crippen molar-refractivity contribution in [1.82, 2.24) is 19.7 Å². The van der Waals surface area contributed by atoms with Crippen molar-refractivity contribution in [3.05, 3.63) is 64.3 Å². The Morgan fingerprint density at radius 3 is 3.00 bits per heavy atom. The predicted molar refractivity (Wildman–Crippen MR) is 96.5 cm³/mol. The molecule has 3 heterocycles. The molecule has 0 aliphatic carbocycles. The van der Waals surface area contributed by atoms with Crippen molar-refractivity contribution in [2.75, 3.05) is 5.32 Å². The normalized spacial score (nSPS) is 11.0. The molecule has 0 unspecified atom stereocenters. The number of halogens is 1. The van der Waals surface area contributed by atoms with E-state index in [1.165, 1.54) is 18.5 Å². The summed E-state index contributed by atoms with van der Waals surface area (Å²) in [6.07, 6.45) is 1.27. The van der Waals surface area contributed by atoms with E-state index in [1.54, 1.807) is 17.4 Å². The molecular weight excluding hydrogens is 357 g/mol. The van der Waals surface area contributed by atoms with Gasteiger partial charge in [0.05, 0.1) is 27.8 Å². The largest absolute Gasteiger partial charge is 0.308 e. The van der Waals surface area contributed by atoms with Crippen molar-refractivity contribution in [2.24, 2.45) is 0 Å². The number of anilines is 1. The van der Waals surface area contributed by atoms with Gasteiger partial charge in [-0.1, -0.05) is 6.07 Å². The minimum Gasteiger partial charge on any atom is -0.308 e. The molecule has 0 bridgehead atoms. The first-order valence-electron chi connectivity index (χ1n) is 7.64. The van der Waals surface area contributed by atoms with Crippen LogP contribution in [0.1, 0.15) is 0 Å². The second-order valence-electron chi connectivity index (χ2n) is 5.53. The first-order valence-corrected chi connectivity index (χ1v) is 8.52. The number of fused-ring (bicyclic) bond motifs is 1. The first-order chi connectivity index (χ1) is 12.6. The van der Waals surface area contributed by atoms with Gasteiger partial charge in [0.25, 0.3) is 5.56 Å². The lowest BCUT2D eigenvalue weighted by atomic mass is 10.2. The fourth-order valence-electron chi connectivity index (χ4n) is 2.52. The van der Waals surface area contributed by atoms with Crippen molar-refractivity contribution in [3.8, 4) is 10.6 Å². The molecule has 9 heteroatoms. The number of aromatic amines is 1. The first kappa shape index (κ1) is 16.2. The van der Waals surface area contributed by atoms with Crippen LogP contribution in [0, 0.1) is 5.82 Å². The maximum Gasteiger partial charge on any atom is 0.261 e. The number of hydrogen-bond acceptors (Lipinski definition) is 5. The second kappa shape index (κ2) is 6.52. The van der Waals surface area contributed by atoms with E-state index in [9.17, 15) is 14.0 Å². The van der Waals surface area contributed by atoms with Crippen molar-refractivity contribution < 1.29 is 9.18 Å². The summed E-state index contributed by atoms with van der Waals surface area (Å²) in [5.41, 5.74) is 0.683. The lowest BCUT2D eigenvalue weighted by molar-refractivity contribution is -0.116. The number of hydrogen-bond donors (Lipinski definition) is 2. The second-order valence-corrected chi connectivity index (χ2v) is 6.48. The molecule has 4 aromatic rings. The smallest absolute Gasteiger partial charge is 0.261 e. The van der Waals surface area contributed by atoms with Gasteiger partial charge in [0.15, 0.2) is 5.82 Å². The zero-order valence-electron chi connectivity index (χ0n) is 13.3. The molecule has 3 aromatic heterocycles. The Morgan fingerprint density at radius 2 is 2.19 bits per heavy atom. The van der Waals surface area contributed by atoms with E-state index in [1.807, 2.05) is 17.5 Å². The number of H-pyrrole nitrogens is 1. The van der Waals surface area contributed by atoms with Gasteiger partial charge < -0.3 is 5.32 Å². The summed E-state index contributed by atoms with van der Waals surface area (Å²) in [6.45, 7) is -0.251. The number of amides is 1. The Balaban J connectivity index is 1.52. The maximum absolute atomic E-state index is 13.4. The van der Waals surface area contributed by atoms with E-state index < -0.39 is 17.3 Å². The third-order valence-electron chi connectivity index (χ3n) is 3.73. The molecule has 4 rings (SSSR count). The number of nitrogens with one attached hydrogen (secondary N) is 2. The number of nitrogens with zero attached hydrogens (tertiary/aromatic N) is 3. The summed E-state index contributed by atoms with van der Waals surface area (Å²) in [7, 11) is 0. The lowest BCUT2D eigenvalue weighted by Crippen LogP contribution is -2.28. The van der Waals surface area contributed by atoms with Crippen LogP contribution in [-0.4, -0.2) is 25.7 Å². The summed E-state index contributed by atoms with van der Waals surface area (Å²) in [5, 5.41) is 11.6. The Bertz CT molecular complexity index is 1150. The maximum atomic E-state index is 13.4. The molecule has 0 spiro atoms. The Kier molecular flexibility index (Phi) is 4.05. The summed E-state index contributed by atoms with van der Waals surface area (Å²) in [4.78, 5) is 29.7. The van der Waals surface area contributed by atoms with Crippen molar-refractivity contribution >= 4 is 34.0 Å². The highest BCUT2D eigenvalue weighted by Crippen LogP contribution is 2.24. The Morgan fingerprint density at radius 1 is 1.31 bits per heavy atom. The summed E-state index contributed by atoms with van der Waals surface area (Å²) in [5.74, 6) is -0.614. The zero-order valence-corrected chi connectivity index (χ0v) is 14.1. The molecule has 0 fully saturated rings. The summed E-state index contributed by atoms with van der Waals surface area (Å²) >= 11 is 1.55. The molecule has 0 saturated heterocycles. The summed E-state index contributed by atoms with van der Waals surface area (Å²) in [6, 6.07) is 9.33. The third kappa shape index (κ3) is 3.11. The number of aromatic nitrogens is 4. The van der Waals surface area contributed by atoms with Gasteiger partial charge in [-0.2, -0.15) is 5.10 Å². The van der Waals surface area contributed by atoms with Gasteiger partial charge in [-0.25, -0.2) is 9.37 Å². The van der Waals surface area contributed by atoms with Crippen molar-refractivity contribution in [2.45, 2.75) is 6.54 Å². The standard InChI is InChI=1S/C17H12FN5O2S/c18-10-3-4-12-11(6-10)17(25)23(9-19-12)8-16(24)20-15-7-13(21-22-15)14-2-1-5-26-14/h1-7,9H,8H2,(H2,20,21,22,24). The molecule has 0 aliphatic heterocycles. The highest BCUT2D eigenvalue weighted by Gasteiger charge is 2.11. The monoisotopic (exact) mass is 369 g/mol. The number of benzene rings is 1. The quantitative estimate of drug-likeness (QED) is 0.578. The van der Waals surface area contributed by atoms with Gasteiger partial charge >= 0.3 is 0 Å². The number of thiophene rings is 1. The molecule has 0 atom stereocenters. The van der Waals surface area contributed by atoms with Crippen LogP contribution < -0.4 is 10.9 Å². The molecule has 0 aliphatic rings. The van der Waals surface area contributed by atoms with E-state index in [2.05, 4.69) is 20.5 Å². The Labute approximate surface area is 150 Å². The fraction of sp³-hybridized carbons (Fsp3) is 0.0588. The zero-order chi connectivity index (χ0) is 18.1. The molecule has 0 saturated carbocycles. The van der Waals surface area contributed by atoms with Gasteiger partial charge in [-0.3, -0.25) is 19.3 Å².